The first-order valence-electron chi connectivity index (χ1n) is 10.9. The van der Waals surface area contributed by atoms with Gasteiger partial charge in [-0.2, -0.15) is 13.2 Å². The Morgan fingerprint density at radius 3 is 2.59 bits per heavy atom. The third kappa shape index (κ3) is 3.19. The van der Waals surface area contributed by atoms with E-state index in [2.05, 4.69) is 19.3 Å². The standard InChI is InChI=1S/C22H31F3N2O2/c1-13(22(23,24)25)19(29)26-27-17-7-6-14-15-5-4-10-20(15,2)11-8-16(14)21(17,3)12-9-18(27)28/h9,12-17H,4-8,10-11H2,1-3H3,(H,26,29)/t13?,14-,15-,16+,17?,20-,21+/m0/s1. The van der Waals surface area contributed by atoms with Gasteiger partial charge in [0.25, 0.3) is 11.8 Å². The molecule has 0 aromatic carbocycles. The molecule has 0 bridgehead atoms. The van der Waals surface area contributed by atoms with Gasteiger partial charge in [0.15, 0.2) is 0 Å². The number of carbonyl (C=O) groups is 2. The average molecular weight is 412 g/mol. The van der Waals surface area contributed by atoms with Crippen LogP contribution in [0.3, 0.4) is 0 Å². The molecule has 7 atom stereocenters. The number of amides is 2. The molecule has 4 rings (SSSR count). The largest absolute Gasteiger partial charge is 0.400 e. The summed E-state index contributed by atoms with van der Waals surface area (Å²) in [4.78, 5) is 24.7. The summed E-state index contributed by atoms with van der Waals surface area (Å²) in [7, 11) is 0. The van der Waals surface area contributed by atoms with Crippen LogP contribution in [0.2, 0.25) is 0 Å². The molecule has 1 aliphatic heterocycles. The number of hydrazine groups is 1. The number of fused-ring (bicyclic) bond motifs is 5. The van der Waals surface area contributed by atoms with Gasteiger partial charge in [-0.3, -0.25) is 15.0 Å². The van der Waals surface area contributed by atoms with E-state index in [0.717, 1.165) is 19.8 Å². The number of rotatable bonds is 2. The second-order valence-corrected chi connectivity index (χ2v) is 10.2. The third-order valence-corrected chi connectivity index (χ3v) is 8.76. The van der Waals surface area contributed by atoms with E-state index in [9.17, 15) is 22.8 Å². The average Bonchev–Trinajstić information content (AvgIpc) is 3.04. The maximum atomic E-state index is 13.0. The number of hydrogen-bond acceptors (Lipinski definition) is 2. The second kappa shape index (κ2) is 6.74. The van der Waals surface area contributed by atoms with Crippen molar-refractivity contribution in [1.82, 2.24) is 10.4 Å². The van der Waals surface area contributed by atoms with Crippen LogP contribution in [0.1, 0.15) is 65.7 Å². The predicted molar refractivity (Wildman–Crippen MR) is 102 cm³/mol. The fourth-order valence-electron chi connectivity index (χ4n) is 6.99. The lowest BCUT2D eigenvalue weighted by Crippen LogP contribution is -2.65. The summed E-state index contributed by atoms with van der Waals surface area (Å²) in [6, 6.07) is -0.295. The number of nitrogens with one attached hydrogen (secondary N) is 1. The van der Waals surface area contributed by atoms with Crippen molar-refractivity contribution in [3.05, 3.63) is 12.2 Å². The van der Waals surface area contributed by atoms with E-state index < -0.39 is 23.9 Å². The summed E-state index contributed by atoms with van der Waals surface area (Å²) in [5.41, 5.74) is 2.41. The van der Waals surface area contributed by atoms with Crippen molar-refractivity contribution in [2.45, 2.75) is 77.9 Å². The number of halogens is 3. The lowest BCUT2D eigenvalue weighted by Gasteiger charge is -2.59. The molecule has 7 heteroatoms. The van der Waals surface area contributed by atoms with E-state index in [1.54, 1.807) is 0 Å². The highest BCUT2D eigenvalue weighted by atomic mass is 19.4. The van der Waals surface area contributed by atoms with E-state index in [0.29, 0.717) is 29.6 Å². The maximum absolute atomic E-state index is 13.0. The molecule has 0 saturated heterocycles. The van der Waals surface area contributed by atoms with Crippen molar-refractivity contribution in [2.24, 2.45) is 34.5 Å². The molecule has 0 aromatic rings. The number of hydrogen-bond donors (Lipinski definition) is 1. The molecular weight excluding hydrogens is 381 g/mol. The smallest absolute Gasteiger partial charge is 0.273 e. The van der Waals surface area contributed by atoms with Crippen LogP contribution in [0.15, 0.2) is 12.2 Å². The van der Waals surface area contributed by atoms with Gasteiger partial charge in [0, 0.05) is 11.5 Å². The summed E-state index contributed by atoms with van der Waals surface area (Å²) in [6.45, 7) is 5.37. The predicted octanol–water partition coefficient (Wildman–Crippen LogP) is 4.62. The molecule has 2 unspecified atom stereocenters. The molecule has 1 N–H and O–H groups in total. The fourth-order valence-corrected chi connectivity index (χ4v) is 6.99. The Kier molecular flexibility index (Phi) is 4.82. The van der Waals surface area contributed by atoms with E-state index in [1.807, 2.05) is 6.08 Å². The van der Waals surface area contributed by atoms with Crippen LogP contribution in [0.5, 0.6) is 0 Å². The van der Waals surface area contributed by atoms with E-state index >= 15 is 0 Å². The maximum Gasteiger partial charge on any atom is 0.400 e. The van der Waals surface area contributed by atoms with E-state index in [-0.39, 0.29) is 11.5 Å². The molecule has 1 heterocycles. The van der Waals surface area contributed by atoms with Crippen LogP contribution in [0.4, 0.5) is 13.2 Å². The fraction of sp³-hybridized carbons (Fsp3) is 0.818. The van der Waals surface area contributed by atoms with E-state index in [1.165, 1.54) is 36.8 Å². The number of carbonyl (C=O) groups excluding carboxylic acids is 2. The van der Waals surface area contributed by atoms with Gasteiger partial charge >= 0.3 is 6.18 Å². The first-order chi connectivity index (χ1) is 13.5. The van der Waals surface area contributed by atoms with Gasteiger partial charge in [-0.05, 0) is 68.6 Å². The van der Waals surface area contributed by atoms with Crippen LogP contribution in [-0.2, 0) is 9.59 Å². The van der Waals surface area contributed by atoms with Gasteiger partial charge in [0.1, 0.15) is 5.92 Å². The Morgan fingerprint density at radius 2 is 1.90 bits per heavy atom. The summed E-state index contributed by atoms with van der Waals surface area (Å²) in [6.07, 6.45) is 6.52. The molecular formula is C22H31F3N2O2. The zero-order chi connectivity index (χ0) is 21.2. The Hall–Kier alpha value is -1.53. The zero-order valence-electron chi connectivity index (χ0n) is 17.4. The van der Waals surface area contributed by atoms with Crippen molar-refractivity contribution in [3.63, 3.8) is 0 Å². The van der Waals surface area contributed by atoms with Crippen molar-refractivity contribution in [2.75, 3.05) is 0 Å². The minimum absolute atomic E-state index is 0.295. The molecule has 2 amide bonds. The van der Waals surface area contributed by atoms with Gasteiger partial charge in [0.2, 0.25) is 0 Å². The molecule has 0 radical (unpaired) electrons. The minimum Gasteiger partial charge on any atom is -0.273 e. The van der Waals surface area contributed by atoms with Crippen LogP contribution in [0, 0.1) is 34.5 Å². The van der Waals surface area contributed by atoms with Crippen LogP contribution >= 0.6 is 0 Å². The summed E-state index contributed by atoms with van der Waals surface area (Å²) >= 11 is 0. The first-order valence-corrected chi connectivity index (χ1v) is 10.9. The summed E-state index contributed by atoms with van der Waals surface area (Å²) in [5, 5.41) is 1.20. The lowest BCUT2D eigenvalue weighted by molar-refractivity contribution is -0.185. The number of nitrogens with zero attached hydrogens (tertiary/aromatic N) is 1. The molecule has 29 heavy (non-hydrogen) atoms. The van der Waals surface area contributed by atoms with Gasteiger partial charge in [-0.25, -0.2) is 5.01 Å². The SMILES string of the molecule is CC(C(=O)NN1C(=O)C=C[C@@]2(C)C1CC[C@@H]1[C@H]2CC[C@]2(C)CCC[C@@H]12)C(F)(F)F. The van der Waals surface area contributed by atoms with Gasteiger partial charge in [0.05, 0.1) is 6.04 Å². The number of alkyl halides is 3. The van der Waals surface area contributed by atoms with Gasteiger partial charge in [-0.15, -0.1) is 0 Å². The molecule has 4 aliphatic rings. The normalized spacial score (nSPS) is 42.7. The molecule has 3 aliphatic carbocycles. The molecule has 4 nitrogen and oxygen atoms in total. The van der Waals surface area contributed by atoms with E-state index in [4.69, 9.17) is 0 Å². The van der Waals surface area contributed by atoms with Crippen LogP contribution in [-0.4, -0.2) is 29.0 Å². The monoisotopic (exact) mass is 412 g/mol. The Morgan fingerprint density at radius 1 is 1.17 bits per heavy atom. The summed E-state index contributed by atoms with van der Waals surface area (Å²) < 4.78 is 38.9. The zero-order valence-corrected chi connectivity index (χ0v) is 17.4. The molecule has 3 fully saturated rings. The van der Waals surface area contributed by atoms with Crippen molar-refractivity contribution in [3.8, 4) is 0 Å². The quantitative estimate of drug-likeness (QED) is 0.720. The molecule has 3 saturated carbocycles. The highest BCUT2D eigenvalue weighted by molar-refractivity contribution is 5.91. The Bertz CT molecular complexity index is 736. The Balaban J connectivity index is 1.58. The second-order valence-electron chi connectivity index (χ2n) is 10.2. The van der Waals surface area contributed by atoms with Gasteiger partial charge in [-0.1, -0.05) is 26.3 Å². The van der Waals surface area contributed by atoms with Gasteiger partial charge < -0.3 is 0 Å². The summed E-state index contributed by atoms with van der Waals surface area (Å²) in [5.74, 6) is -2.09. The van der Waals surface area contributed by atoms with Crippen molar-refractivity contribution in [1.29, 1.82) is 0 Å². The highest BCUT2D eigenvalue weighted by Crippen LogP contribution is 2.63. The van der Waals surface area contributed by atoms with Crippen LogP contribution < -0.4 is 5.43 Å². The minimum atomic E-state index is -4.63. The Labute approximate surface area is 170 Å². The molecule has 162 valence electrons. The molecule has 0 spiro atoms. The lowest BCUT2D eigenvalue weighted by atomic mass is 9.48. The van der Waals surface area contributed by atoms with Crippen LogP contribution in [0.25, 0.3) is 0 Å². The first kappa shape index (κ1) is 20.7. The highest BCUT2D eigenvalue weighted by Gasteiger charge is 2.59. The van der Waals surface area contributed by atoms with Crippen molar-refractivity contribution >= 4 is 11.8 Å². The third-order valence-electron chi connectivity index (χ3n) is 8.76. The topological polar surface area (TPSA) is 49.4 Å². The molecule has 0 aromatic heterocycles. The van der Waals surface area contributed by atoms with Crippen molar-refractivity contribution < 1.29 is 22.8 Å².